The lowest BCUT2D eigenvalue weighted by atomic mass is 10.2. The molecule has 3 heterocycles. The van der Waals surface area contributed by atoms with Gasteiger partial charge in [0, 0.05) is 10.9 Å². The van der Waals surface area contributed by atoms with E-state index in [2.05, 4.69) is 21.5 Å². The van der Waals surface area contributed by atoms with Gasteiger partial charge < -0.3 is 14.8 Å². The van der Waals surface area contributed by atoms with Gasteiger partial charge in [-0.15, -0.1) is 0 Å². The zero-order chi connectivity index (χ0) is 19.8. The highest BCUT2D eigenvalue weighted by atomic mass is 16.7. The molecule has 0 spiro atoms. The third-order valence-electron chi connectivity index (χ3n) is 4.56. The fourth-order valence-corrected chi connectivity index (χ4v) is 3.11. The van der Waals surface area contributed by atoms with Gasteiger partial charge in [0.15, 0.2) is 23.1 Å². The fraction of sp³-hybridized carbons (Fsp3) is 0.0476. The summed E-state index contributed by atoms with van der Waals surface area (Å²) in [4.78, 5) is 17.4. The average Bonchev–Trinajstić information content (AvgIpc) is 3.39. The lowest BCUT2D eigenvalue weighted by molar-refractivity contribution is 0.102. The first-order chi connectivity index (χ1) is 14.2. The second kappa shape index (κ2) is 6.65. The van der Waals surface area contributed by atoms with Crippen LogP contribution in [0.3, 0.4) is 0 Å². The molecule has 0 atom stereocenters. The molecule has 5 rings (SSSR count). The van der Waals surface area contributed by atoms with E-state index in [-0.39, 0.29) is 18.2 Å². The molecular weight excluding hydrogens is 370 g/mol. The third kappa shape index (κ3) is 2.91. The van der Waals surface area contributed by atoms with Crippen molar-refractivity contribution in [3.05, 3.63) is 71.9 Å². The van der Waals surface area contributed by atoms with E-state index in [0.29, 0.717) is 22.9 Å². The number of hydrogen-bond acceptors (Lipinski definition) is 6. The van der Waals surface area contributed by atoms with E-state index in [4.69, 9.17) is 9.47 Å². The Kier molecular flexibility index (Phi) is 3.85. The van der Waals surface area contributed by atoms with E-state index in [1.807, 2.05) is 30.3 Å². The van der Waals surface area contributed by atoms with Gasteiger partial charge in [0.1, 0.15) is 11.6 Å². The van der Waals surface area contributed by atoms with Crippen LogP contribution in [0.5, 0.6) is 11.5 Å². The molecule has 0 saturated carbocycles. The topological polar surface area (TPSA) is 102 Å². The highest BCUT2D eigenvalue weighted by Crippen LogP contribution is 2.33. The zero-order valence-corrected chi connectivity index (χ0v) is 15.0. The second-order valence-electron chi connectivity index (χ2n) is 6.31. The summed E-state index contributed by atoms with van der Waals surface area (Å²) in [5, 5.41) is 17.4. The number of nitriles is 1. The molecule has 0 bridgehead atoms. The number of carbonyl (C=O) groups excluding carboxylic acids is 1. The summed E-state index contributed by atoms with van der Waals surface area (Å²) in [5.41, 5.74) is 1.39. The first-order valence-corrected chi connectivity index (χ1v) is 8.78. The van der Waals surface area contributed by atoms with Crippen molar-refractivity contribution in [1.29, 1.82) is 5.26 Å². The van der Waals surface area contributed by atoms with Crippen molar-refractivity contribution in [1.82, 2.24) is 14.8 Å². The van der Waals surface area contributed by atoms with Crippen LogP contribution < -0.4 is 14.8 Å². The summed E-state index contributed by atoms with van der Waals surface area (Å²) in [6.45, 7) is 0.124. The van der Waals surface area contributed by atoms with Crippen LogP contribution in [0.15, 0.2) is 60.8 Å². The molecule has 1 aliphatic rings. The Bertz CT molecular complexity index is 1310. The number of amides is 1. The number of aromatic nitrogens is 3. The van der Waals surface area contributed by atoms with Gasteiger partial charge in [-0.1, -0.05) is 18.2 Å². The van der Waals surface area contributed by atoms with Gasteiger partial charge in [0.05, 0.1) is 11.7 Å². The number of nitrogens with one attached hydrogen (secondary N) is 1. The highest BCUT2D eigenvalue weighted by Gasteiger charge is 2.20. The molecule has 1 N–H and O–H groups in total. The highest BCUT2D eigenvalue weighted by molar-refractivity contribution is 6.05. The van der Waals surface area contributed by atoms with E-state index in [9.17, 15) is 10.1 Å². The zero-order valence-electron chi connectivity index (χ0n) is 15.0. The normalized spacial score (nSPS) is 12.0. The number of carbonyl (C=O) groups is 1. The van der Waals surface area contributed by atoms with Crippen molar-refractivity contribution in [2.45, 2.75) is 0 Å². The number of rotatable bonds is 3. The Labute approximate surface area is 164 Å². The molecule has 0 saturated heterocycles. The van der Waals surface area contributed by atoms with Gasteiger partial charge in [-0.05, 0) is 36.4 Å². The van der Waals surface area contributed by atoms with E-state index < -0.39 is 5.91 Å². The molecular formula is C21H13N5O3. The molecule has 0 aliphatic carbocycles. The van der Waals surface area contributed by atoms with Gasteiger partial charge in [-0.3, -0.25) is 4.79 Å². The predicted molar refractivity (Wildman–Crippen MR) is 104 cm³/mol. The first-order valence-electron chi connectivity index (χ1n) is 8.78. The van der Waals surface area contributed by atoms with Crippen LogP contribution in [-0.2, 0) is 0 Å². The van der Waals surface area contributed by atoms with Crippen molar-refractivity contribution in [3.63, 3.8) is 0 Å². The van der Waals surface area contributed by atoms with Gasteiger partial charge in [0.2, 0.25) is 6.79 Å². The van der Waals surface area contributed by atoms with Gasteiger partial charge in [0.25, 0.3) is 5.91 Å². The van der Waals surface area contributed by atoms with Gasteiger partial charge >= 0.3 is 0 Å². The van der Waals surface area contributed by atoms with Gasteiger partial charge in [-0.2, -0.15) is 15.0 Å². The number of ether oxygens (including phenoxy) is 2. The summed E-state index contributed by atoms with van der Waals surface area (Å²) in [5.74, 6) is 1.43. The monoisotopic (exact) mass is 383 g/mol. The molecule has 0 unspecified atom stereocenters. The van der Waals surface area contributed by atoms with Crippen LogP contribution in [-0.4, -0.2) is 27.5 Å². The SMILES string of the molecule is N#Cc1cnn(-c2ccc3ccccc3n2)c1NC(=O)c1ccc2c(c1)OCO2. The fourth-order valence-electron chi connectivity index (χ4n) is 3.11. The Morgan fingerprint density at radius 1 is 1.10 bits per heavy atom. The average molecular weight is 383 g/mol. The summed E-state index contributed by atoms with van der Waals surface area (Å²) < 4.78 is 12.0. The molecule has 8 heteroatoms. The molecule has 1 aliphatic heterocycles. The number of anilines is 1. The Morgan fingerprint density at radius 3 is 2.86 bits per heavy atom. The maximum absolute atomic E-state index is 12.8. The number of para-hydroxylation sites is 1. The van der Waals surface area contributed by atoms with Crippen molar-refractivity contribution in [2.24, 2.45) is 0 Å². The van der Waals surface area contributed by atoms with E-state index >= 15 is 0 Å². The second-order valence-corrected chi connectivity index (χ2v) is 6.31. The molecule has 0 radical (unpaired) electrons. The number of pyridine rings is 1. The van der Waals surface area contributed by atoms with Crippen LogP contribution in [0.2, 0.25) is 0 Å². The van der Waals surface area contributed by atoms with Gasteiger partial charge in [-0.25, -0.2) is 4.98 Å². The number of nitrogens with zero attached hydrogens (tertiary/aromatic N) is 4. The largest absolute Gasteiger partial charge is 0.454 e. The molecule has 29 heavy (non-hydrogen) atoms. The summed E-state index contributed by atoms with van der Waals surface area (Å²) in [6.07, 6.45) is 1.39. The standard InChI is InChI=1S/C21H13N5O3/c22-10-15-11-23-26(19-8-6-13-3-1-2-4-16(13)24-19)20(15)25-21(27)14-5-7-17-18(9-14)29-12-28-17/h1-9,11H,12H2,(H,25,27). The Hall–Kier alpha value is -4.38. The molecule has 4 aromatic rings. The van der Waals surface area contributed by atoms with Crippen molar-refractivity contribution in [3.8, 4) is 23.4 Å². The predicted octanol–water partition coefficient (Wildman–Crippen LogP) is 3.27. The van der Waals surface area contributed by atoms with Crippen LogP contribution >= 0.6 is 0 Å². The summed E-state index contributed by atoms with van der Waals surface area (Å²) in [7, 11) is 0. The summed E-state index contributed by atoms with van der Waals surface area (Å²) >= 11 is 0. The lowest BCUT2D eigenvalue weighted by Crippen LogP contribution is -2.16. The van der Waals surface area contributed by atoms with Crippen LogP contribution in [0.25, 0.3) is 16.7 Å². The number of hydrogen-bond donors (Lipinski definition) is 1. The maximum atomic E-state index is 12.8. The van der Waals surface area contributed by atoms with Crippen molar-refractivity contribution in [2.75, 3.05) is 12.1 Å². The van der Waals surface area contributed by atoms with Crippen LogP contribution in [0, 0.1) is 11.3 Å². The number of fused-ring (bicyclic) bond motifs is 2. The molecule has 2 aromatic carbocycles. The lowest BCUT2D eigenvalue weighted by Gasteiger charge is -2.10. The van der Waals surface area contributed by atoms with E-state index in [0.717, 1.165) is 10.9 Å². The number of benzene rings is 2. The van der Waals surface area contributed by atoms with Crippen LogP contribution in [0.1, 0.15) is 15.9 Å². The third-order valence-corrected chi connectivity index (χ3v) is 4.56. The summed E-state index contributed by atoms with van der Waals surface area (Å²) in [6, 6.07) is 18.3. The van der Waals surface area contributed by atoms with E-state index in [1.54, 1.807) is 24.3 Å². The molecule has 140 valence electrons. The molecule has 1 amide bonds. The Morgan fingerprint density at radius 2 is 1.97 bits per heavy atom. The molecule has 2 aromatic heterocycles. The van der Waals surface area contributed by atoms with Crippen molar-refractivity contribution < 1.29 is 14.3 Å². The van der Waals surface area contributed by atoms with Crippen LogP contribution in [0.4, 0.5) is 5.82 Å². The maximum Gasteiger partial charge on any atom is 0.256 e. The smallest absolute Gasteiger partial charge is 0.256 e. The Balaban J connectivity index is 1.52. The molecule has 8 nitrogen and oxygen atoms in total. The molecule has 0 fully saturated rings. The van der Waals surface area contributed by atoms with Crippen molar-refractivity contribution >= 4 is 22.6 Å². The minimum absolute atomic E-state index is 0.124. The van der Waals surface area contributed by atoms with E-state index in [1.165, 1.54) is 10.9 Å². The quantitative estimate of drug-likeness (QED) is 0.582. The minimum atomic E-state index is -0.401. The minimum Gasteiger partial charge on any atom is -0.454 e. The first kappa shape index (κ1) is 16.8.